The number of hydrogen-bond donors (Lipinski definition) is 1. The number of rotatable bonds is 3. The first-order valence-corrected chi connectivity index (χ1v) is 7.77. The second kappa shape index (κ2) is 5.80. The second-order valence-electron chi connectivity index (χ2n) is 7.51. The van der Waals surface area contributed by atoms with Gasteiger partial charge in [-0.1, -0.05) is 30.3 Å². The quantitative estimate of drug-likeness (QED) is 0.686. The lowest BCUT2D eigenvalue weighted by Crippen LogP contribution is -2.47. The van der Waals surface area contributed by atoms with E-state index in [4.69, 9.17) is 0 Å². The van der Waals surface area contributed by atoms with Crippen LogP contribution in [0.2, 0.25) is 0 Å². The molecule has 2 rings (SSSR count). The molecule has 0 spiro atoms. The van der Waals surface area contributed by atoms with Gasteiger partial charge >= 0.3 is 0 Å². The topological polar surface area (TPSA) is 66.5 Å². The highest BCUT2D eigenvalue weighted by molar-refractivity contribution is 6.16. The Bertz CT molecular complexity index is 629. The highest BCUT2D eigenvalue weighted by Gasteiger charge is 2.59. The fourth-order valence-corrected chi connectivity index (χ4v) is 2.91. The van der Waals surface area contributed by atoms with Crippen LogP contribution in [-0.2, 0) is 20.9 Å². The van der Waals surface area contributed by atoms with E-state index in [1.54, 1.807) is 34.6 Å². The van der Waals surface area contributed by atoms with E-state index in [0.717, 1.165) is 5.56 Å². The number of carbonyl (C=O) groups excluding carboxylic acids is 3. The van der Waals surface area contributed by atoms with Gasteiger partial charge in [0.25, 0.3) is 0 Å². The molecule has 1 N–H and O–H groups in total. The average Bonchev–Trinajstić information content (AvgIpc) is 2.62. The summed E-state index contributed by atoms with van der Waals surface area (Å²) < 4.78 is 0. The molecule has 1 aromatic rings. The van der Waals surface area contributed by atoms with Crippen LogP contribution >= 0.6 is 0 Å². The number of likely N-dealkylation sites (tertiary alicyclic amines) is 1. The number of carbonyl (C=O) groups is 3. The largest absolute Gasteiger partial charge is 0.351 e. The lowest BCUT2D eigenvalue weighted by molar-refractivity contribution is -0.146. The van der Waals surface area contributed by atoms with Gasteiger partial charge in [-0.2, -0.15) is 0 Å². The number of benzene rings is 1. The number of hydrogen-bond acceptors (Lipinski definition) is 3. The molecule has 1 saturated heterocycles. The van der Waals surface area contributed by atoms with Crippen molar-refractivity contribution in [3.8, 4) is 0 Å². The Hall–Kier alpha value is -2.17. The van der Waals surface area contributed by atoms with E-state index >= 15 is 0 Å². The van der Waals surface area contributed by atoms with Crippen molar-refractivity contribution >= 4 is 17.7 Å². The van der Waals surface area contributed by atoms with E-state index in [1.165, 1.54) is 4.90 Å². The Morgan fingerprint density at radius 1 is 1.17 bits per heavy atom. The van der Waals surface area contributed by atoms with Crippen molar-refractivity contribution < 1.29 is 14.4 Å². The molecule has 1 aromatic carbocycles. The van der Waals surface area contributed by atoms with Crippen LogP contribution in [0.3, 0.4) is 0 Å². The Labute approximate surface area is 137 Å². The maximum absolute atomic E-state index is 12.7. The first-order chi connectivity index (χ1) is 10.6. The number of imide groups is 1. The smallest absolute Gasteiger partial charge is 0.243 e. The van der Waals surface area contributed by atoms with Crippen LogP contribution in [0, 0.1) is 11.3 Å². The normalized spacial score (nSPS) is 20.7. The summed E-state index contributed by atoms with van der Waals surface area (Å²) in [4.78, 5) is 39.0. The first kappa shape index (κ1) is 17.2. The van der Waals surface area contributed by atoms with Crippen molar-refractivity contribution in [1.29, 1.82) is 0 Å². The van der Waals surface area contributed by atoms with Crippen molar-refractivity contribution in [1.82, 2.24) is 10.2 Å². The summed E-state index contributed by atoms with van der Waals surface area (Å²) in [5, 5.41) is 2.78. The van der Waals surface area contributed by atoms with E-state index in [2.05, 4.69) is 5.32 Å². The monoisotopic (exact) mass is 316 g/mol. The predicted molar refractivity (Wildman–Crippen MR) is 87.2 cm³/mol. The van der Waals surface area contributed by atoms with E-state index in [1.807, 2.05) is 30.3 Å². The van der Waals surface area contributed by atoms with Gasteiger partial charge in [-0.3, -0.25) is 19.3 Å². The Kier molecular flexibility index (Phi) is 4.33. The molecule has 1 aliphatic heterocycles. The molecule has 0 bridgehead atoms. The minimum atomic E-state index is -1.04. The van der Waals surface area contributed by atoms with Gasteiger partial charge in [0, 0.05) is 12.1 Å². The molecule has 0 saturated carbocycles. The molecule has 5 nitrogen and oxygen atoms in total. The molecule has 1 atom stereocenters. The summed E-state index contributed by atoms with van der Waals surface area (Å²) >= 11 is 0. The van der Waals surface area contributed by atoms with Crippen molar-refractivity contribution in [3.05, 3.63) is 35.9 Å². The Morgan fingerprint density at radius 2 is 1.74 bits per heavy atom. The highest BCUT2D eigenvalue weighted by atomic mass is 16.2. The zero-order chi connectivity index (χ0) is 17.4. The average molecular weight is 316 g/mol. The molecule has 3 amide bonds. The summed E-state index contributed by atoms with van der Waals surface area (Å²) in [7, 11) is 0. The molecule has 0 radical (unpaired) electrons. The molecule has 1 unspecified atom stereocenters. The summed E-state index contributed by atoms with van der Waals surface area (Å²) in [6.45, 7) is 9.04. The summed E-state index contributed by atoms with van der Waals surface area (Å²) in [5.74, 6) is -2.10. The maximum atomic E-state index is 12.7. The highest BCUT2D eigenvalue weighted by Crippen LogP contribution is 2.41. The van der Waals surface area contributed by atoms with Crippen LogP contribution in [0.25, 0.3) is 0 Å². The van der Waals surface area contributed by atoms with Crippen LogP contribution in [0.4, 0.5) is 0 Å². The van der Waals surface area contributed by atoms with Crippen molar-refractivity contribution in [2.24, 2.45) is 11.3 Å². The summed E-state index contributed by atoms with van der Waals surface area (Å²) in [6.07, 6.45) is 0. The van der Waals surface area contributed by atoms with E-state index in [0.29, 0.717) is 6.54 Å². The molecular formula is C18H24N2O3. The third kappa shape index (κ3) is 3.14. The van der Waals surface area contributed by atoms with Crippen molar-refractivity contribution in [2.75, 3.05) is 0 Å². The lowest BCUT2D eigenvalue weighted by Gasteiger charge is -2.30. The zero-order valence-corrected chi connectivity index (χ0v) is 14.3. The molecular weight excluding hydrogens is 292 g/mol. The van der Waals surface area contributed by atoms with Crippen LogP contribution in [0.15, 0.2) is 30.3 Å². The van der Waals surface area contributed by atoms with Crippen LogP contribution in [-0.4, -0.2) is 28.2 Å². The molecule has 0 aromatic heterocycles. The molecule has 124 valence electrons. The fourth-order valence-electron chi connectivity index (χ4n) is 2.91. The van der Waals surface area contributed by atoms with Gasteiger partial charge in [0.15, 0.2) is 0 Å². The van der Waals surface area contributed by atoms with Gasteiger partial charge in [-0.15, -0.1) is 0 Å². The lowest BCUT2D eigenvalue weighted by atomic mass is 9.80. The molecule has 1 heterocycles. The van der Waals surface area contributed by atoms with Crippen LogP contribution in [0.1, 0.15) is 40.2 Å². The van der Waals surface area contributed by atoms with Crippen molar-refractivity contribution in [2.45, 2.75) is 46.7 Å². The van der Waals surface area contributed by atoms with Gasteiger partial charge in [0.05, 0.1) is 5.41 Å². The van der Waals surface area contributed by atoms with Crippen molar-refractivity contribution in [3.63, 3.8) is 0 Å². The van der Waals surface area contributed by atoms with Gasteiger partial charge < -0.3 is 5.32 Å². The third-order valence-electron chi connectivity index (χ3n) is 4.19. The summed E-state index contributed by atoms with van der Waals surface area (Å²) in [6, 6.07) is 9.46. The van der Waals surface area contributed by atoms with E-state index in [9.17, 15) is 14.4 Å². The van der Waals surface area contributed by atoms with Gasteiger partial charge in [0.2, 0.25) is 17.7 Å². The Balaban J connectivity index is 2.19. The van der Waals surface area contributed by atoms with Crippen LogP contribution < -0.4 is 5.32 Å². The third-order valence-corrected chi connectivity index (χ3v) is 4.19. The predicted octanol–water partition coefficient (Wildman–Crippen LogP) is 2.11. The number of nitrogens with zero attached hydrogens (tertiary/aromatic N) is 1. The second-order valence-corrected chi connectivity index (χ2v) is 7.51. The van der Waals surface area contributed by atoms with Crippen LogP contribution in [0.5, 0.6) is 0 Å². The van der Waals surface area contributed by atoms with E-state index in [-0.39, 0.29) is 5.91 Å². The van der Waals surface area contributed by atoms with Gasteiger partial charge in [0.1, 0.15) is 5.92 Å². The molecule has 23 heavy (non-hydrogen) atoms. The zero-order valence-electron chi connectivity index (χ0n) is 14.3. The first-order valence-electron chi connectivity index (χ1n) is 7.77. The SMILES string of the molecule is CC1(C)C(=O)N(C(C)(C)C)C(=O)C1C(=O)NCc1ccccc1. The standard InChI is InChI=1S/C18H24N2O3/c1-17(2,3)20-15(22)13(18(4,5)16(20)23)14(21)19-11-12-9-7-6-8-10-12/h6-10,13H,11H2,1-5H3,(H,19,21). The maximum Gasteiger partial charge on any atom is 0.243 e. The molecule has 0 aliphatic carbocycles. The van der Waals surface area contributed by atoms with Gasteiger partial charge in [-0.25, -0.2) is 0 Å². The minimum absolute atomic E-state index is 0.296. The molecule has 1 fully saturated rings. The molecule has 1 aliphatic rings. The Morgan fingerprint density at radius 3 is 2.22 bits per heavy atom. The molecule has 5 heteroatoms. The summed E-state index contributed by atoms with van der Waals surface area (Å²) in [5.41, 5.74) is -0.728. The number of amides is 3. The minimum Gasteiger partial charge on any atom is -0.351 e. The fraction of sp³-hybridized carbons (Fsp3) is 0.500. The van der Waals surface area contributed by atoms with Gasteiger partial charge in [-0.05, 0) is 40.2 Å². The number of nitrogens with one attached hydrogen (secondary N) is 1. The van der Waals surface area contributed by atoms with E-state index < -0.39 is 28.7 Å².